The van der Waals surface area contributed by atoms with Gasteiger partial charge in [-0.15, -0.1) is 0 Å². The fourth-order valence-electron chi connectivity index (χ4n) is 2.83. The van der Waals surface area contributed by atoms with Gasteiger partial charge in [-0.2, -0.15) is 0 Å². The van der Waals surface area contributed by atoms with Gasteiger partial charge < -0.3 is 19.1 Å². The number of amides is 1. The van der Waals surface area contributed by atoms with Crippen LogP contribution in [-0.4, -0.2) is 42.5 Å². The molecular weight excluding hydrogens is 396 g/mol. The van der Waals surface area contributed by atoms with Crippen LogP contribution in [0.1, 0.15) is 21.5 Å². The van der Waals surface area contributed by atoms with Crippen LogP contribution < -0.4 is 9.47 Å². The Labute approximate surface area is 181 Å². The Kier molecular flexibility index (Phi) is 7.59. The highest BCUT2D eigenvalue weighted by Crippen LogP contribution is 2.29. The highest BCUT2D eigenvalue weighted by Gasteiger charge is 2.15. The largest absolute Gasteiger partial charge is 0.493 e. The van der Waals surface area contributed by atoms with Gasteiger partial charge in [0.2, 0.25) is 0 Å². The third-order valence-electron chi connectivity index (χ3n) is 4.53. The molecule has 0 radical (unpaired) electrons. The third kappa shape index (κ3) is 6.30. The number of nitrogens with zero attached hydrogens (tertiary/aromatic N) is 2. The normalized spacial score (nSPS) is 10.3. The van der Waals surface area contributed by atoms with E-state index in [2.05, 4.69) is 4.98 Å². The zero-order valence-electron chi connectivity index (χ0n) is 17.5. The lowest BCUT2D eigenvalue weighted by Gasteiger charge is -2.18. The average Bonchev–Trinajstić information content (AvgIpc) is 2.82. The molecule has 3 aromatic rings. The van der Waals surface area contributed by atoms with Crippen LogP contribution in [0.2, 0.25) is 0 Å². The molecule has 0 bridgehead atoms. The number of carbonyl (C=O) groups is 2. The summed E-state index contributed by atoms with van der Waals surface area (Å²) in [6.45, 7) is 0.412. The first kappa shape index (κ1) is 21.8. The number of rotatable bonds is 9. The zero-order valence-corrected chi connectivity index (χ0v) is 17.5. The topological polar surface area (TPSA) is 78.0 Å². The second kappa shape index (κ2) is 10.8. The number of carbonyl (C=O) groups excluding carboxylic acids is 2. The molecule has 31 heavy (non-hydrogen) atoms. The number of hydrogen-bond acceptors (Lipinski definition) is 6. The van der Waals surface area contributed by atoms with Crippen LogP contribution in [0.15, 0.2) is 73.1 Å². The molecule has 1 heterocycles. The van der Waals surface area contributed by atoms with Gasteiger partial charge in [-0.05, 0) is 35.4 Å². The van der Waals surface area contributed by atoms with Crippen LogP contribution >= 0.6 is 0 Å². The molecule has 3 rings (SSSR count). The van der Waals surface area contributed by atoms with Gasteiger partial charge in [0.1, 0.15) is 6.61 Å². The highest BCUT2D eigenvalue weighted by atomic mass is 16.5. The lowest BCUT2D eigenvalue weighted by Crippen LogP contribution is -2.30. The summed E-state index contributed by atoms with van der Waals surface area (Å²) >= 11 is 0. The lowest BCUT2D eigenvalue weighted by atomic mass is 10.2. The second-order valence-electron chi connectivity index (χ2n) is 6.83. The standard InChI is InChI=1S/C24H24N2O5/c1-26(23(27)17-31-24(28)20-9-6-12-25-14-20)15-19-10-11-21(22(13-19)29-2)30-16-18-7-4-3-5-8-18/h3-14H,15-17H2,1-2H3. The van der Waals surface area contributed by atoms with E-state index in [1.165, 1.54) is 11.1 Å². The van der Waals surface area contributed by atoms with E-state index in [9.17, 15) is 9.59 Å². The Hall–Kier alpha value is -3.87. The molecule has 0 aliphatic carbocycles. The fraction of sp³-hybridized carbons (Fsp3) is 0.208. The van der Waals surface area contributed by atoms with Gasteiger partial charge in [-0.3, -0.25) is 9.78 Å². The Morgan fingerprint density at radius 2 is 1.77 bits per heavy atom. The SMILES string of the molecule is COc1cc(CN(C)C(=O)COC(=O)c2cccnc2)ccc1OCc1ccccc1. The van der Waals surface area contributed by atoms with Crippen LogP contribution in [0, 0.1) is 0 Å². The van der Waals surface area contributed by atoms with E-state index in [4.69, 9.17) is 14.2 Å². The maximum atomic E-state index is 12.3. The smallest absolute Gasteiger partial charge is 0.340 e. The maximum Gasteiger partial charge on any atom is 0.340 e. The predicted molar refractivity (Wildman–Crippen MR) is 115 cm³/mol. The summed E-state index contributed by atoms with van der Waals surface area (Å²) in [6.07, 6.45) is 2.95. The van der Waals surface area contributed by atoms with E-state index >= 15 is 0 Å². The lowest BCUT2D eigenvalue weighted by molar-refractivity contribution is -0.133. The molecule has 2 aromatic carbocycles. The summed E-state index contributed by atoms with van der Waals surface area (Å²) in [4.78, 5) is 29.6. The summed E-state index contributed by atoms with van der Waals surface area (Å²) in [5.74, 6) is 0.295. The molecule has 7 heteroatoms. The van der Waals surface area contributed by atoms with Crippen LogP contribution in [0.5, 0.6) is 11.5 Å². The minimum atomic E-state index is -0.587. The van der Waals surface area contributed by atoms with Gasteiger partial charge in [-0.25, -0.2) is 4.79 Å². The van der Waals surface area contributed by atoms with E-state index in [-0.39, 0.29) is 12.5 Å². The van der Waals surface area contributed by atoms with Crippen molar-refractivity contribution in [1.29, 1.82) is 0 Å². The number of methoxy groups -OCH3 is 1. The summed E-state index contributed by atoms with van der Waals surface area (Å²) in [5.41, 5.74) is 2.21. The first-order chi connectivity index (χ1) is 15.1. The molecule has 1 aromatic heterocycles. The first-order valence-corrected chi connectivity index (χ1v) is 9.71. The number of likely N-dealkylation sites (N-methyl/N-ethyl adjacent to an activating group) is 1. The molecule has 0 saturated carbocycles. The van der Waals surface area contributed by atoms with E-state index in [0.29, 0.717) is 30.2 Å². The Bertz CT molecular complexity index is 1010. The fourth-order valence-corrected chi connectivity index (χ4v) is 2.83. The molecule has 0 atom stereocenters. The van der Waals surface area contributed by atoms with Gasteiger partial charge in [0, 0.05) is 26.0 Å². The van der Waals surface area contributed by atoms with E-state index in [1.54, 1.807) is 32.5 Å². The molecule has 160 valence electrons. The van der Waals surface area contributed by atoms with Crippen molar-refractivity contribution in [2.24, 2.45) is 0 Å². The number of pyridine rings is 1. The van der Waals surface area contributed by atoms with E-state index in [0.717, 1.165) is 11.1 Å². The van der Waals surface area contributed by atoms with Crippen LogP contribution in [-0.2, 0) is 22.7 Å². The van der Waals surface area contributed by atoms with E-state index in [1.807, 2.05) is 48.5 Å². The average molecular weight is 420 g/mol. The number of esters is 1. The number of hydrogen-bond donors (Lipinski definition) is 0. The highest BCUT2D eigenvalue weighted by molar-refractivity contribution is 5.90. The van der Waals surface area contributed by atoms with Crippen molar-refractivity contribution in [3.8, 4) is 11.5 Å². The van der Waals surface area contributed by atoms with Gasteiger partial charge in [0.05, 0.1) is 12.7 Å². The van der Waals surface area contributed by atoms with Crippen molar-refractivity contribution in [2.75, 3.05) is 20.8 Å². The van der Waals surface area contributed by atoms with Crippen molar-refractivity contribution in [2.45, 2.75) is 13.2 Å². The van der Waals surface area contributed by atoms with Crippen molar-refractivity contribution in [1.82, 2.24) is 9.88 Å². The summed E-state index contributed by atoms with van der Waals surface area (Å²) in [7, 11) is 3.22. The van der Waals surface area contributed by atoms with E-state index < -0.39 is 5.97 Å². The van der Waals surface area contributed by atoms with Crippen molar-refractivity contribution >= 4 is 11.9 Å². The maximum absolute atomic E-state index is 12.3. The first-order valence-electron chi connectivity index (χ1n) is 9.71. The van der Waals surface area contributed by atoms with Gasteiger partial charge in [0.15, 0.2) is 18.1 Å². The molecule has 0 N–H and O–H groups in total. The predicted octanol–water partition coefficient (Wildman–Crippen LogP) is 3.48. The Balaban J connectivity index is 1.54. The Morgan fingerprint density at radius 1 is 0.968 bits per heavy atom. The van der Waals surface area contributed by atoms with Crippen LogP contribution in [0.4, 0.5) is 0 Å². The molecule has 0 spiro atoms. The molecule has 7 nitrogen and oxygen atoms in total. The minimum Gasteiger partial charge on any atom is -0.493 e. The quantitative estimate of drug-likeness (QED) is 0.493. The Morgan fingerprint density at radius 3 is 2.48 bits per heavy atom. The van der Waals surface area contributed by atoms with Crippen molar-refractivity contribution < 1.29 is 23.8 Å². The molecule has 0 saturated heterocycles. The third-order valence-corrected chi connectivity index (χ3v) is 4.53. The minimum absolute atomic E-state index is 0.300. The number of aromatic nitrogens is 1. The van der Waals surface area contributed by atoms with Gasteiger partial charge in [-0.1, -0.05) is 36.4 Å². The molecule has 0 fully saturated rings. The van der Waals surface area contributed by atoms with Gasteiger partial charge in [0.25, 0.3) is 5.91 Å². The van der Waals surface area contributed by atoms with Crippen molar-refractivity contribution in [3.05, 3.63) is 89.7 Å². The van der Waals surface area contributed by atoms with Crippen LogP contribution in [0.3, 0.4) is 0 Å². The molecule has 0 aliphatic rings. The van der Waals surface area contributed by atoms with Gasteiger partial charge >= 0.3 is 5.97 Å². The number of ether oxygens (including phenoxy) is 3. The molecule has 0 unspecified atom stereocenters. The summed E-state index contributed by atoms with van der Waals surface area (Å²) < 4.78 is 16.4. The summed E-state index contributed by atoms with van der Waals surface area (Å²) in [6, 6.07) is 18.6. The monoisotopic (exact) mass is 420 g/mol. The molecule has 1 amide bonds. The molecular formula is C24H24N2O5. The summed E-state index contributed by atoms with van der Waals surface area (Å²) in [5, 5.41) is 0. The second-order valence-corrected chi connectivity index (χ2v) is 6.83. The molecule has 0 aliphatic heterocycles. The van der Waals surface area contributed by atoms with Crippen molar-refractivity contribution in [3.63, 3.8) is 0 Å². The zero-order chi connectivity index (χ0) is 22.1. The number of benzene rings is 2. The van der Waals surface area contributed by atoms with Crippen LogP contribution in [0.25, 0.3) is 0 Å².